The standard InChI is InChI=1S/C24H22N2O5S/c27-24(25-14-17-8-9-22-23(12-17)31-16-30-22)19-6-3-7-21(13-19)32(28,29)26-11-10-18-4-1-2-5-20(18)15-26/h1-9,12-13H,10-11,14-16H2,(H,25,27). The minimum absolute atomic E-state index is 0.118. The number of carbonyl (C=O) groups is 1. The van der Waals surface area contributed by atoms with Crippen molar-refractivity contribution >= 4 is 15.9 Å². The second-order valence-electron chi connectivity index (χ2n) is 7.76. The van der Waals surface area contributed by atoms with Crippen LogP contribution in [0.15, 0.2) is 71.6 Å². The maximum absolute atomic E-state index is 13.2. The van der Waals surface area contributed by atoms with Crippen LogP contribution >= 0.6 is 0 Å². The molecule has 0 radical (unpaired) electrons. The maximum Gasteiger partial charge on any atom is 0.251 e. The third-order valence-electron chi connectivity index (χ3n) is 5.72. The van der Waals surface area contributed by atoms with E-state index in [4.69, 9.17) is 9.47 Å². The summed E-state index contributed by atoms with van der Waals surface area (Å²) in [7, 11) is -3.71. The lowest BCUT2D eigenvalue weighted by Gasteiger charge is -2.28. The van der Waals surface area contributed by atoms with Crippen molar-refractivity contribution < 1.29 is 22.7 Å². The molecule has 0 atom stereocenters. The Morgan fingerprint density at radius 1 is 0.938 bits per heavy atom. The van der Waals surface area contributed by atoms with Crippen LogP contribution in [0.25, 0.3) is 0 Å². The molecule has 0 saturated carbocycles. The van der Waals surface area contributed by atoms with E-state index in [2.05, 4.69) is 5.32 Å². The Bertz CT molecular complexity index is 1290. The van der Waals surface area contributed by atoms with E-state index in [0.29, 0.717) is 36.6 Å². The molecule has 0 unspecified atom stereocenters. The zero-order valence-corrected chi connectivity index (χ0v) is 18.1. The zero-order chi connectivity index (χ0) is 22.1. The number of hydrogen-bond donors (Lipinski definition) is 1. The van der Waals surface area contributed by atoms with Crippen LogP contribution in [-0.4, -0.2) is 32.0 Å². The zero-order valence-electron chi connectivity index (χ0n) is 17.3. The van der Waals surface area contributed by atoms with Gasteiger partial charge in [-0.05, 0) is 53.4 Å². The molecule has 0 aromatic heterocycles. The molecule has 0 aliphatic carbocycles. The minimum atomic E-state index is -3.71. The van der Waals surface area contributed by atoms with Crippen LogP contribution in [0.5, 0.6) is 11.5 Å². The van der Waals surface area contributed by atoms with E-state index < -0.39 is 10.0 Å². The van der Waals surface area contributed by atoms with Crippen LogP contribution in [-0.2, 0) is 29.5 Å². The monoisotopic (exact) mass is 450 g/mol. The number of ether oxygens (including phenoxy) is 2. The predicted octanol–water partition coefficient (Wildman–Crippen LogP) is 3.09. The van der Waals surface area contributed by atoms with E-state index in [0.717, 1.165) is 11.1 Å². The molecule has 0 bridgehead atoms. The highest BCUT2D eigenvalue weighted by molar-refractivity contribution is 7.89. The van der Waals surface area contributed by atoms with E-state index in [1.165, 1.54) is 22.0 Å². The fourth-order valence-corrected chi connectivity index (χ4v) is 5.42. The molecular weight excluding hydrogens is 428 g/mol. The summed E-state index contributed by atoms with van der Waals surface area (Å²) in [5.74, 6) is 0.981. The van der Waals surface area contributed by atoms with Crippen LogP contribution in [0.1, 0.15) is 27.0 Å². The Balaban J connectivity index is 1.30. The lowest BCUT2D eigenvalue weighted by Crippen LogP contribution is -2.36. The molecule has 8 heteroatoms. The highest BCUT2D eigenvalue weighted by atomic mass is 32.2. The van der Waals surface area contributed by atoms with Gasteiger partial charge in [0.05, 0.1) is 4.90 Å². The van der Waals surface area contributed by atoms with Crippen molar-refractivity contribution in [2.24, 2.45) is 0 Å². The van der Waals surface area contributed by atoms with Gasteiger partial charge in [-0.15, -0.1) is 0 Å². The molecule has 1 N–H and O–H groups in total. The third kappa shape index (κ3) is 3.94. The maximum atomic E-state index is 13.2. The van der Waals surface area contributed by atoms with Gasteiger partial charge in [-0.1, -0.05) is 36.4 Å². The minimum Gasteiger partial charge on any atom is -0.454 e. The molecule has 0 spiro atoms. The molecule has 1 amide bonds. The number of sulfonamides is 1. The molecule has 3 aromatic rings. The Kier molecular flexibility index (Phi) is 5.32. The summed E-state index contributed by atoms with van der Waals surface area (Å²) in [6.07, 6.45) is 0.672. The predicted molar refractivity (Wildman–Crippen MR) is 118 cm³/mol. The van der Waals surface area contributed by atoms with Crippen molar-refractivity contribution in [3.63, 3.8) is 0 Å². The van der Waals surface area contributed by atoms with Gasteiger partial charge in [0.15, 0.2) is 11.5 Å². The van der Waals surface area contributed by atoms with Crippen molar-refractivity contribution in [2.45, 2.75) is 24.4 Å². The molecule has 2 aliphatic rings. The fraction of sp³-hybridized carbons (Fsp3) is 0.208. The average Bonchev–Trinajstić information content (AvgIpc) is 3.30. The smallest absolute Gasteiger partial charge is 0.251 e. The summed E-state index contributed by atoms with van der Waals surface area (Å²) in [4.78, 5) is 12.8. The highest BCUT2D eigenvalue weighted by Crippen LogP contribution is 2.32. The Hall–Kier alpha value is -3.36. The summed E-state index contributed by atoms with van der Waals surface area (Å²) >= 11 is 0. The van der Waals surface area contributed by atoms with Gasteiger partial charge in [-0.3, -0.25) is 4.79 Å². The molecule has 32 heavy (non-hydrogen) atoms. The lowest BCUT2D eigenvalue weighted by atomic mass is 10.0. The van der Waals surface area contributed by atoms with Crippen LogP contribution in [0.4, 0.5) is 0 Å². The number of amides is 1. The number of nitrogens with zero attached hydrogens (tertiary/aromatic N) is 1. The first kappa shape index (κ1) is 20.5. The van der Waals surface area contributed by atoms with Gasteiger partial charge in [0.1, 0.15) is 0 Å². The van der Waals surface area contributed by atoms with E-state index >= 15 is 0 Å². The van der Waals surface area contributed by atoms with Gasteiger partial charge < -0.3 is 14.8 Å². The van der Waals surface area contributed by atoms with Gasteiger partial charge in [0, 0.05) is 25.2 Å². The largest absolute Gasteiger partial charge is 0.454 e. The first-order chi connectivity index (χ1) is 15.5. The van der Waals surface area contributed by atoms with Crippen LogP contribution in [0, 0.1) is 0 Å². The summed E-state index contributed by atoms with van der Waals surface area (Å²) < 4.78 is 38.6. The second kappa shape index (κ2) is 8.29. The second-order valence-corrected chi connectivity index (χ2v) is 9.69. The fourth-order valence-electron chi connectivity index (χ4n) is 3.96. The van der Waals surface area contributed by atoms with Gasteiger partial charge in [-0.25, -0.2) is 8.42 Å². The molecule has 0 saturated heterocycles. The van der Waals surface area contributed by atoms with Crippen LogP contribution < -0.4 is 14.8 Å². The molecule has 7 nitrogen and oxygen atoms in total. The topological polar surface area (TPSA) is 84.9 Å². The van der Waals surface area contributed by atoms with E-state index in [1.807, 2.05) is 36.4 Å². The summed E-state index contributed by atoms with van der Waals surface area (Å²) in [5.41, 5.74) is 3.35. The van der Waals surface area contributed by atoms with Gasteiger partial charge in [0.2, 0.25) is 16.8 Å². The van der Waals surface area contributed by atoms with Crippen molar-refractivity contribution in [2.75, 3.05) is 13.3 Å². The molecule has 164 valence electrons. The Morgan fingerprint density at radius 2 is 1.75 bits per heavy atom. The van der Waals surface area contributed by atoms with Crippen molar-refractivity contribution in [1.82, 2.24) is 9.62 Å². The van der Waals surface area contributed by atoms with Gasteiger partial charge >= 0.3 is 0 Å². The number of fused-ring (bicyclic) bond motifs is 2. The Morgan fingerprint density at radius 3 is 2.62 bits per heavy atom. The number of carbonyl (C=O) groups excluding carboxylic acids is 1. The molecular formula is C24H22N2O5S. The third-order valence-corrected chi connectivity index (χ3v) is 7.56. The van der Waals surface area contributed by atoms with Crippen LogP contribution in [0.2, 0.25) is 0 Å². The molecule has 3 aromatic carbocycles. The van der Waals surface area contributed by atoms with Gasteiger partial charge in [0.25, 0.3) is 5.91 Å². The average molecular weight is 451 g/mol. The quantitative estimate of drug-likeness (QED) is 0.646. The van der Waals surface area contributed by atoms with Crippen molar-refractivity contribution in [1.29, 1.82) is 0 Å². The number of benzene rings is 3. The van der Waals surface area contributed by atoms with E-state index in [-0.39, 0.29) is 24.1 Å². The first-order valence-electron chi connectivity index (χ1n) is 10.3. The van der Waals surface area contributed by atoms with Crippen molar-refractivity contribution in [3.8, 4) is 11.5 Å². The van der Waals surface area contributed by atoms with Crippen LogP contribution in [0.3, 0.4) is 0 Å². The lowest BCUT2D eigenvalue weighted by molar-refractivity contribution is 0.0950. The Labute approximate surface area is 186 Å². The SMILES string of the molecule is O=C(NCc1ccc2c(c1)OCO2)c1cccc(S(=O)(=O)N2CCc3ccccc3C2)c1. The van der Waals surface area contributed by atoms with Gasteiger partial charge in [-0.2, -0.15) is 4.31 Å². The normalized spacial score (nSPS) is 15.2. The number of hydrogen-bond acceptors (Lipinski definition) is 5. The van der Waals surface area contributed by atoms with E-state index in [1.54, 1.807) is 18.2 Å². The molecule has 2 aliphatic heterocycles. The first-order valence-corrected chi connectivity index (χ1v) is 11.8. The molecule has 2 heterocycles. The summed E-state index contributed by atoms with van der Waals surface area (Å²) in [5, 5.41) is 2.83. The summed E-state index contributed by atoms with van der Waals surface area (Å²) in [6, 6.07) is 19.5. The number of nitrogens with one attached hydrogen (secondary N) is 1. The molecule has 0 fully saturated rings. The molecule has 5 rings (SSSR count). The summed E-state index contributed by atoms with van der Waals surface area (Å²) in [6.45, 7) is 1.23. The van der Waals surface area contributed by atoms with Crippen molar-refractivity contribution in [3.05, 3.63) is 89.0 Å². The van der Waals surface area contributed by atoms with E-state index in [9.17, 15) is 13.2 Å². The number of rotatable bonds is 5. The highest BCUT2D eigenvalue weighted by Gasteiger charge is 2.28.